The molecule has 0 saturated carbocycles. The van der Waals surface area contributed by atoms with E-state index < -0.39 is 0 Å². The molecule has 5 heteroatoms. The van der Waals surface area contributed by atoms with Crippen molar-refractivity contribution >= 4 is 11.8 Å². The van der Waals surface area contributed by atoms with E-state index in [9.17, 15) is 0 Å². The van der Waals surface area contributed by atoms with Gasteiger partial charge in [-0.15, -0.1) is 0 Å². The molecule has 0 aliphatic rings. The third-order valence-electron chi connectivity index (χ3n) is 1.58. The van der Waals surface area contributed by atoms with Crippen molar-refractivity contribution in [2.24, 2.45) is 7.05 Å². The summed E-state index contributed by atoms with van der Waals surface area (Å²) in [6.45, 7) is 0. The Labute approximate surface area is 82.0 Å². The fourth-order valence-electron chi connectivity index (χ4n) is 0.886. The molecule has 0 N–H and O–H groups in total. The van der Waals surface area contributed by atoms with Gasteiger partial charge in [0.25, 0.3) is 0 Å². The predicted octanol–water partition coefficient (Wildman–Crippen LogP) is 1.60. The second-order valence-electron chi connectivity index (χ2n) is 2.63. The van der Waals surface area contributed by atoms with Crippen molar-refractivity contribution in [1.29, 1.82) is 5.26 Å². The summed E-state index contributed by atoms with van der Waals surface area (Å²) in [4.78, 5) is 4.08. The van der Waals surface area contributed by atoms with Gasteiger partial charge in [0.2, 0.25) is 0 Å². The highest BCUT2D eigenvalue weighted by molar-refractivity contribution is 7.99. The quantitative estimate of drug-likeness (QED) is 0.530. The van der Waals surface area contributed by atoms with Crippen LogP contribution in [0, 0.1) is 11.3 Å². The number of aromatic nitrogens is 3. The van der Waals surface area contributed by atoms with Gasteiger partial charge in [-0.05, 0) is 12.8 Å². The van der Waals surface area contributed by atoms with Crippen LogP contribution in [0.3, 0.4) is 0 Å². The Morgan fingerprint density at radius 1 is 1.62 bits per heavy atom. The first-order valence-electron chi connectivity index (χ1n) is 4.18. The standard InChI is InChI=1S/C8H12N4S/c1-12-8(10-7-11-12)13-6-4-2-3-5-9/h7H,2-4,6H2,1H3. The topological polar surface area (TPSA) is 54.5 Å². The van der Waals surface area contributed by atoms with Gasteiger partial charge < -0.3 is 0 Å². The Morgan fingerprint density at radius 3 is 3.08 bits per heavy atom. The maximum absolute atomic E-state index is 8.31. The summed E-state index contributed by atoms with van der Waals surface area (Å²) in [6, 6.07) is 2.13. The fraction of sp³-hybridized carbons (Fsp3) is 0.625. The Morgan fingerprint density at radius 2 is 2.46 bits per heavy atom. The molecule has 0 spiro atoms. The zero-order chi connectivity index (χ0) is 9.52. The monoisotopic (exact) mass is 196 g/mol. The molecule has 0 bridgehead atoms. The van der Waals surface area contributed by atoms with Gasteiger partial charge in [0, 0.05) is 19.2 Å². The highest BCUT2D eigenvalue weighted by Gasteiger charge is 1.99. The minimum Gasteiger partial charge on any atom is -0.244 e. The molecule has 70 valence electrons. The van der Waals surface area contributed by atoms with Crippen LogP contribution in [0.2, 0.25) is 0 Å². The minimum absolute atomic E-state index is 0.652. The average molecular weight is 196 g/mol. The number of thioether (sulfide) groups is 1. The third-order valence-corrected chi connectivity index (χ3v) is 2.70. The lowest BCUT2D eigenvalue weighted by Crippen LogP contribution is -1.93. The number of nitriles is 1. The Bertz CT molecular complexity index is 289. The van der Waals surface area contributed by atoms with Crippen LogP contribution in [0.15, 0.2) is 11.5 Å². The molecule has 0 fully saturated rings. The lowest BCUT2D eigenvalue weighted by Gasteiger charge is -1.98. The van der Waals surface area contributed by atoms with E-state index in [1.807, 2.05) is 7.05 Å². The summed E-state index contributed by atoms with van der Waals surface area (Å²) < 4.78 is 1.76. The SMILES string of the molecule is Cn1ncnc1SCCCCC#N. The largest absolute Gasteiger partial charge is 0.244 e. The number of hydrogen-bond acceptors (Lipinski definition) is 4. The molecule has 1 heterocycles. The number of aryl methyl sites for hydroxylation is 1. The van der Waals surface area contributed by atoms with E-state index in [-0.39, 0.29) is 0 Å². The molecule has 0 aliphatic carbocycles. The highest BCUT2D eigenvalue weighted by atomic mass is 32.2. The molecule has 0 radical (unpaired) electrons. The smallest absolute Gasteiger partial charge is 0.185 e. The average Bonchev–Trinajstić information content (AvgIpc) is 2.52. The van der Waals surface area contributed by atoms with Crippen molar-refractivity contribution in [3.8, 4) is 6.07 Å². The molecule has 1 aromatic heterocycles. The normalized spacial score (nSPS) is 9.85. The number of nitrogens with zero attached hydrogens (tertiary/aromatic N) is 4. The van der Waals surface area contributed by atoms with Crippen molar-refractivity contribution < 1.29 is 0 Å². The van der Waals surface area contributed by atoms with Crippen LogP contribution < -0.4 is 0 Å². The Hall–Kier alpha value is -1.02. The van der Waals surface area contributed by atoms with Crippen LogP contribution >= 0.6 is 11.8 Å². The molecule has 0 amide bonds. The van der Waals surface area contributed by atoms with E-state index >= 15 is 0 Å². The van der Waals surface area contributed by atoms with Crippen LogP contribution in [0.5, 0.6) is 0 Å². The van der Waals surface area contributed by atoms with Crippen LogP contribution in [0.1, 0.15) is 19.3 Å². The second-order valence-corrected chi connectivity index (χ2v) is 3.69. The highest BCUT2D eigenvalue weighted by Crippen LogP contribution is 2.15. The molecule has 0 aromatic carbocycles. The van der Waals surface area contributed by atoms with E-state index in [1.54, 1.807) is 22.8 Å². The first-order valence-corrected chi connectivity index (χ1v) is 5.17. The molecule has 4 nitrogen and oxygen atoms in total. The molecule has 0 atom stereocenters. The van der Waals surface area contributed by atoms with Crippen molar-refractivity contribution in [2.75, 3.05) is 5.75 Å². The molecule has 1 rings (SSSR count). The zero-order valence-corrected chi connectivity index (χ0v) is 8.42. The molecule has 1 aromatic rings. The van der Waals surface area contributed by atoms with Gasteiger partial charge in [0.15, 0.2) is 5.16 Å². The third kappa shape index (κ3) is 3.47. The van der Waals surface area contributed by atoms with Crippen LogP contribution in [-0.2, 0) is 7.05 Å². The van der Waals surface area contributed by atoms with Gasteiger partial charge in [-0.3, -0.25) is 0 Å². The number of rotatable bonds is 5. The summed E-state index contributed by atoms with van der Waals surface area (Å²) in [5, 5.41) is 13.2. The maximum atomic E-state index is 8.31. The Kier molecular flexibility index (Phi) is 4.33. The minimum atomic E-state index is 0.652. The van der Waals surface area contributed by atoms with Crippen LogP contribution in [-0.4, -0.2) is 20.5 Å². The van der Waals surface area contributed by atoms with Crippen molar-refractivity contribution in [3.63, 3.8) is 0 Å². The molecule has 0 aliphatic heterocycles. The summed E-state index contributed by atoms with van der Waals surface area (Å²) in [6.07, 6.45) is 4.24. The lowest BCUT2D eigenvalue weighted by atomic mass is 10.3. The van der Waals surface area contributed by atoms with Crippen molar-refractivity contribution in [1.82, 2.24) is 14.8 Å². The van der Waals surface area contributed by atoms with Crippen LogP contribution in [0.4, 0.5) is 0 Å². The number of unbranched alkanes of at least 4 members (excludes halogenated alkanes) is 2. The fourth-order valence-corrected chi connectivity index (χ4v) is 1.77. The molecular weight excluding hydrogens is 184 g/mol. The van der Waals surface area contributed by atoms with Crippen LogP contribution in [0.25, 0.3) is 0 Å². The zero-order valence-electron chi connectivity index (χ0n) is 7.60. The van der Waals surface area contributed by atoms with E-state index in [0.29, 0.717) is 6.42 Å². The molecular formula is C8H12N4S. The van der Waals surface area contributed by atoms with E-state index in [0.717, 1.165) is 23.8 Å². The molecule has 0 unspecified atom stereocenters. The Balaban J connectivity index is 2.14. The van der Waals surface area contributed by atoms with Gasteiger partial charge >= 0.3 is 0 Å². The number of hydrogen-bond donors (Lipinski definition) is 0. The predicted molar refractivity (Wildman–Crippen MR) is 51.2 cm³/mol. The summed E-state index contributed by atoms with van der Waals surface area (Å²) in [5.74, 6) is 1.01. The van der Waals surface area contributed by atoms with Gasteiger partial charge in [0.1, 0.15) is 6.33 Å². The van der Waals surface area contributed by atoms with Gasteiger partial charge in [0.05, 0.1) is 6.07 Å². The van der Waals surface area contributed by atoms with E-state index in [2.05, 4.69) is 16.2 Å². The maximum Gasteiger partial charge on any atom is 0.185 e. The summed E-state index contributed by atoms with van der Waals surface area (Å²) in [5.41, 5.74) is 0. The van der Waals surface area contributed by atoms with E-state index in [1.165, 1.54) is 0 Å². The van der Waals surface area contributed by atoms with Crippen molar-refractivity contribution in [3.05, 3.63) is 6.33 Å². The molecule has 13 heavy (non-hydrogen) atoms. The lowest BCUT2D eigenvalue weighted by molar-refractivity contribution is 0.684. The first-order chi connectivity index (χ1) is 6.34. The van der Waals surface area contributed by atoms with Crippen molar-refractivity contribution in [2.45, 2.75) is 24.4 Å². The summed E-state index contributed by atoms with van der Waals surface area (Å²) >= 11 is 1.68. The van der Waals surface area contributed by atoms with Gasteiger partial charge in [-0.1, -0.05) is 11.8 Å². The first kappa shape index (κ1) is 10.1. The van der Waals surface area contributed by atoms with E-state index in [4.69, 9.17) is 5.26 Å². The summed E-state index contributed by atoms with van der Waals surface area (Å²) in [7, 11) is 1.88. The second kappa shape index (κ2) is 5.60. The van der Waals surface area contributed by atoms with Gasteiger partial charge in [-0.2, -0.15) is 10.4 Å². The van der Waals surface area contributed by atoms with Gasteiger partial charge in [-0.25, -0.2) is 9.67 Å². The molecule has 0 saturated heterocycles.